The van der Waals surface area contributed by atoms with E-state index in [2.05, 4.69) is 43.8 Å². The van der Waals surface area contributed by atoms with E-state index in [-0.39, 0.29) is 0 Å². The monoisotopic (exact) mass is 228 g/mol. The first-order chi connectivity index (χ1) is 8.33. The second kappa shape index (κ2) is 6.05. The maximum atomic E-state index is 3.85. The van der Waals surface area contributed by atoms with Crippen molar-refractivity contribution in [2.45, 2.75) is 51.4 Å². The molecule has 92 valence electrons. The lowest BCUT2D eigenvalue weighted by Gasteiger charge is -2.28. The molecule has 1 aromatic rings. The van der Waals surface area contributed by atoms with Crippen molar-refractivity contribution >= 4 is 0 Å². The Bertz CT molecular complexity index is 339. The van der Waals surface area contributed by atoms with Crippen LogP contribution in [0.15, 0.2) is 36.9 Å². The molecule has 1 fully saturated rings. The predicted molar refractivity (Wildman–Crippen MR) is 75.3 cm³/mol. The van der Waals surface area contributed by atoms with Crippen LogP contribution < -0.4 is 0 Å². The largest absolute Gasteiger partial charge is 0.103 e. The van der Waals surface area contributed by atoms with E-state index in [1.807, 2.05) is 0 Å². The minimum Gasteiger partial charge on any atom is -0.103 e. The van der Waals surface area contributed by atoms with Gasteiger partial charge in [-0.3, -0.25) is 0 Å². The number of hydrogen-bond acceptors (Lipinski definition) is 0. The Morgan fingerprint density at radius 2 is 1.76 bits per heavy atom. The van der Waals surface area contributed by atoms with E-state index < -0.39 is 0 Å². The molecule has 17 heavy (non-hydrogen) atoms. The normalized spacial score (nSPS) is 24.5. The molecule has 0 spiro atoms. The van der Waals surface area contributed by atoms with E-state index in [0.717, 1.165) is 18.3 Å². The van der Waals surface area contributed by atoms with Crippen molar-refractivity contribution < 1.29 is 0 Å². The SMILES string of the molecule is C=CCC1CCC(c2ccc(CC)cc2)CC1. The van der Waals surface area contributed by atoms with Crippen LogP contribution >= 0.6 is 0 Å². The van der Waals surface area contributed by atoms with E-state index in [0.29, 0.717) is 0 Å². The van der Waals surface area contributed by atoms with Gasteiger partial charge in [0.15, 0.2) is 0 Å². The summed E-state index contributed by atoms with van der Waals surface area (Å²) >= 11 is 0. The third kappa shape index (κ3) is 3.21. The van der Waals surface area contributed by atoms with Gasteiger partial charge in [0.2, 0.25) is 0 Å². The van der Waals surface area contributed by atoms with Gasteiger partial charge >= 0.3 is 0 Å². The van der Waals surface area contributed by atoms with Gasteiger partial charge < -0.3 is 0 Å². The summed E-state index contributed by atoms with van der Waals surface area (Å²) in [4.78, 5) is 0. The minimum absolute atomic E-state index is 0.807. The second-order valence-electron chi connectivity index (χ2n) is 5.34. The van der Waals surface area contributed by atoms with Gasteiger partial charge in [-0.25, -0.2) is 0 Å². The van der Waals surface area contributed by atoms with Crippen LogP contribution in [0.5, 0.6) is 0 Å². The number of allylic oxidation sites excluding steroid dienone is 1. The second-order valence-corrected chi connectivity index (χ2v) is 5.34. The molecule has 0 bridgehead atoms. The van der Waals surface area contributed by atoms with Gasteiger partial charge in [0.05, 0.1) is 0 Å². The van der Waals surface area contributed by atoms with E-state index in [1.165, 1.54) is 37.7 Å². The Morgan fingerprint density at radius 3 is 2.29 bits per heavy atom. The molecule has 2 rings (SSSR count). The summed E-state index contributed by atoms with van der Waals surface area (Å²) in [6, 6.07) is 9.28. The average Bonchev–Trinajstić information content (AvgIpc) is 2.40. The summed E-state index contributed by atoms with van der Waals surface area (Å²) in [5, 5.41) is 0. The predicted octanol–water partition coefficient (Wildman–Crippen LogP) is 5.10. The fourth-order valence-corrected chi connectivity index (χ4v) is 2.99. The van der Waals surface area contributed by atoms with Crippen molar-refractivity contribution in [3.63, 3.8) is 0 Å². The molecule has 0 heterocycles. The number of benzene rings is 1. The first kappa shape index (κ1) is 12.4. The van der Waals surface area contributed by atoms with E-state index in [9.17, 15) is 0 Å². The van der Waals surface area contributed by atoms with Crippen LogP contribution in [0.2, 0.25) is 0 Å². The molecular formula is C17H24. The minimum atomic E-state index is 0.807. The Morgan fingerprint density at radius 1 is 1.12 bits per heavy atom. The summed E-state index contributed by atoms with van der Waals surface area (Å²) < 4.78 is 0. The topological polar surface area (TPSA) is 0 Å². The molecule has 0 amide bonds. The van der Waals surface area contributed by atoms with E-state index >= 15 is 0 Å². The zero-order chi connectivity index (χ0) is 12.1. The van der Waals surface area contributed by atoms with Gasteiger partial charge in [0.1, 0.15) is 0 Å². The Balaban J connectivity index is 1.93. The van der Waals surface area contributed by atoms with Crippen LogP contribution in [-0.2, 0) is 6.42 Å². The summed E-state index contributed by atoms with van der Waals surface area (Å²) in [7, 11) is 0. The van der Waals surface area contributed by atoms with Gasteiger partial charge in [-0.1, -0.05) is 37.3 Å². The van der Waals surface area contributed by atoms with Crippen LogP contribution in [0.1, 0.15) is 56.1 Å². The van der Waals surface area contributed by atoms with Crippen LogP contribution in [0.25, 0.3) is 0 Å². The first-order valence-corrected chi connectivity index (χ1v) is 7.03. The molecule has 1 aliphatic carbocycles. The van der Waals surface area contributed by atoms with Gasteiger partial charge in [0.25, 0.3) is 0 Å². The van der Waals surface area contributed by atoms with Crippen LogP contribution in [0.4, 0.5) is 0 Å². The third-order valence-electron chi connectivity index (χ3n) is 4.21. The standard InChI is InChI=1S/C17H24/c1-3-5-15-8-12-17(13-9-15)16-10-6-14(4-2)7-11-16/h3,6-7,10-11,15,17H,1,4-5,8-9,12-13H2,2H3. The maximum absolute atomic E-state index is 3.85. The summed E-state index contributed by atoms with van der Waals surface area (Å²) in [6.45, 7) is 6.07. The fraction of sp³-hybridized carbons (Fsp3) is 0.529. The van der Waals surface area contributed by atoms with Crippen LogP contribution in [0.3, 0.4) is 0 Å². The first-order valence-electron chi connectivity index (χ1n) is 7.03. The molecule has 1 aromatic carbocycles. The van der Waals surface area contributed by atoms with Crippen molar-refractivity contribution in [1.82, 2.24) is 0 Å². The van der Waals surface area contributed by atoms with Crippen molar-refractivity contribution in [1.29, 1.82) is 0 Å². The highest BCUT2D eigenvalue weighted by Gasteiger charge is 2.21. The third-order valence-corrected chi connectivity index (χ3v) is 4.21. The highest BCUT2D eigenvalue weighted by molar-refractivity contribution is 5.25. The highest BCUT2D eigenvalue weighted by Crippen LogP contribution is 2.37. The molecule has 0 atom stereocenters. The van der Waals surface area contributed by atoms with Crippen molar-refractivity contribution in [3.8, 4) is 0 Å². The van der Waals surface area contributed by atoms with Crippen LogP contribution in [-0.4, -0.2) is 0 Å². The molecule has 0 N–H and O–H groups in total. The smallest absolute Gasteiger partial charge is 0.0162 e. The lowest BCUT2D eigenvalue weighted by molar-refractivity contribution is 0.328. The highest BCUT2D eigenvalue weighted by atomic mass is 14.3. The molecule has 0 heteroatoms. The van der Waals surface area contributed by atoms with Gasteiger partial charge in [-0.2, -0.15) is 0 Å². The number of hydrogen-bond donors (Lipinski definition) is 0. The van der Waals surface area contributed by atoms with Gasteiger partial charge in [-0.05, 0) is 61.5 Å². The molecule has 0 radical (unpaired) electrons. The lowest BCUT2D eigenvalue weighted by atomic mass is 9.77. The average molecular weight is 228 g/mol. The Kier molecular flexibility index (Phi) is 4.42. The quantitative estimate of drug-likeness (QED) is 0.629. The molecular weight excluding hydrogens is 204 g/mol. The molecule has 0 aromatic heterocycles. The Hall–Kier alpha value is -1.04. The van der Waals surface area contributed by atoms with Gasteiger partial charge in [0, 0.05) is 0 Å². The molecule has 1 saturated carbocycles. The zero-order valence-corrected chi connectivity index (χ0v) is 11.0. The maximum Gasteiger partial charge on any atom is -0.0162 e. The van der Waals surface area contributed by atoms with Crippen molar-refractivity contribution in [2.24, 2.45) is 5.92 Å². The molecule has 0 unspecified atom stereocenters. The molecule has 0 saturated heterocycles. The van der Waals surface area contributed by atoms with E-state index in [1.54, 1.807) is 5.56 Å². The zero-order valence-electron chi connectivity index (χ0n) is 11.0. The summed E-state index contributed by atoms with van der Waals surface area (Å²) in [5.74, 6) is 1.71. The van der Waals surface area contributed by atoms with Crippen molar-refractivity contribution in [3.05, 3.63) is 48.0 Å². The summed E-state index contributed by atoms with van der Waals surface area (Å²) in [5.41, 5.74) is 3.01. The number of rotatable bonds is 4. The lowest BCUT2D eigenvalue weighted by Crippen LogP contribution is -2.12. The summed E-state index contributed by atoms with van der Waals surface area (Å²) in [6.07, 6.45) is 9.93. The van der Waals surface area contributed by atoms with Crippen molar-refractivity contribution in [2.75, 3.05) is 0 Å². The fourth-order valence-electron chi connectivity index (χ4n) is 2.99. The number of aryl methyl sites for hydroxylation is 1. The molecule has 0 aliphatic heterocycles. The van der Waals surface area contributed by atoms with E-state index in [4.69, 9.17) is 0 Å². The molecule has 1 aliphatic rings. The Labute approximate surface area is 106 Å². The molecule has 0 nitrogen and oxygen atoms in total. The van der Waals surface area contributed by atoms with Gasteiger partial charge in [-0.15, -0.1) is 6.58 Å². The van der Waals surface area contributed by atoms with Crippen LogP contribution in [0, 0.1) is 5.92 Å².